The number of rotatable bonds is 0. The van der Waals surface area contributed by atoms with Gasteiger partial charge in [0.15, 0.2) is 5.78 Å². The summed E-state index contributed by atoms with van der Waals surface area (Å²) in [5.74, 6) is -2.41. The van der Waals surface area contributed by atoms with Crippen LogP contribution in [-0.2, 0) is 9.53 Å². The molecule has 136 valence electrons. The molecule has 4 bridgehead atoms. The molecule has 25 heavy (non-hydrogen) atoms. The fourth-order valence-electron chi connectivity index (χ4n) is 7.41. The number of hydrogen-bond acceptors (Lipinski definition) is 5. The second-order valence-corrected chi connectivity index (χ2v) is 9.52. The molecule has 3 N–H and O–H groups in total. The van der Waals surface area contributed by atoms with Gasteiger partial charge in [0.1, 0.15) is 6.10 Å². The van der Waals surface area contributed by atoms with Crippen molar-refractivity contribution in [3.63, 3.8) is 0 Å². The van der Waals surface area contributed by atoms with Crippen LogP contribution in [0.15, 0.2) is 24.3 Å². The van der Waals surface area contributed by atoms with Crippen molar-refractivity contribution in [3.8, 4) is 0 Å². The maximum atomic E-state index is 13.2. The molecule has 2 saturated heterocycles. The van der Waals surface area contributed by atoms with E-state index in [1.54, 1.807) is 6.08 Å². The maximum absolute atomic E-state index is 13.2. The molecule has 2 spiro atoms. The van der Waals surface area contributed by atoms with E-state index < -0.39 is 40.2 Å². The molecule has 6 rings (SSSR count). The highest BCUT2D eigenvalue weighted by atomic mass is 16.6. The van der Waals surface area contributed by atoms with Gasteiger partial charge in [-0.3, -0.25) is 4.79 Å². The Morgan fingerprint density at radius 2 is 2.00 bits per heavy atom. The molecule has 2 aliphatic heterocycles. The number of aliphatic hydroxyl groups is 3. The first kappa shape index (κ1) is 16.2. The lowest BCUT2D eigenvalue weighted by atomic mass is 9.37. The minimum absolute atomic E-state index is 0.0369. The maximum Gasteiger partial charge on any atom is 0.201 e. The summed E-state index contributed by atoms with van der Waals surface area (Å²) in [6.45, 7) is 8.16. The molecular weight excluding hydrogens is 320 g/mol. The Hall–Kier alpha value is -1.01. The van der Waals surface area contributed by atoms with Gasteiger partial charge in [-0.05, 0) is 48.2 Å². The SMILES string of the molecule is C=C1C2CCC3C45COC(O)(C(O)C4C(C)(C)C=CC5=O)C3(C2)C1O. The largest absolute Gasteiger partial charge is 0.388 e. The molecule has 0 aromatic carbocycles. The van der Waals surface area contributed by atoms with E-state index in [0.29, 0.717) is 12.0 Å². The average molecular weight is 346 g/mol. The zero-order valence-corrected chi connectivity index (χ0v) is 14.7. The van der Waals surface area contributed by atoms with E-state index >= 15 is 0 Å². The number of fused-ring (bicyclic) bond motifs is 2. The molecule has 8 unspecified atom stereocenters. The van der Waals surface area contributed by atoms with Crippen molar-refractivity contribution in [1.82, 2.24) is 0 Å². The Morgan fingerprint density at radius 1 is 1.28 bits per heavy atom. The highest BCUT2D eigenvalue weighted by Crippen LogP contribution is 2.76. The highest BCUT2D eigenvalue weighted by molar-refractivity contribution is 5.97. The molecule has 0 radical (unpaired) electrons. The Kier molecular flexibility index (Phi) is 2.77. The fraction of sp³-hybridized carbons (Fsp3) is 0.750. The molecule has 0 aromatic heterocycles. The molecule has 5 fully saturated rings. The molecule has 4 aliphatic carbocycles. The van der Waals surface area contributed by atoms with Crippen molar-refractivity contribution in [1.29, 1.82) is 0 Å². The summed E-state index contributed by atoms with van der Waals surface area (Å²) >= 11 is 0. The average Bonchev–Trinajstić information content (AvgIpc) is 2.75. The van der Waals surface area contributed by atoms with Crippen LogP contribution in [0.3, 0.4) is 0 Å². The normalized spacial score (nSPS) is 58.2. The van der Waals surface area contributed by atoms with Gasteiger partial charge >= 0.3 is 0 Å². The van der Waals surface area contributed by atoms with Gasteiger partial charge in [0.05, 0.1) is 23.5 Å². The van der Waals surface area contributed by atoms with Crippen molar-refractivity contribution in [2.24, 2.45) is 34.0 Å². The molecule has 5 heteroatoms. The van der Waals surface area contributed by atoms with Crippen LogP contribution in [0.4, 0.5) is 0 Å². The van der Waals surface area contributed by atoms with Crippen LogP contribution in [0.25, 0.3) is 0 Å². The summed E-state index contributed by atoms with van der Waals surface area (Å²) in [4.78, 5) is 13.2. The van der Waals surface area contributed by atoms with Gasteiger partial charge in [0.25, 0.3) is 0 Å². The summed E-state index contributed by atoms with van der Waals surface area (Å²) in [5.41, 5.74) is -1.66. The van der Waals surface area contributed by atoms with Crippen molar-refractivity contribution >= 4 is 5.78 Å². The molecule has 0 amide bonds. The van der Waals surface area contributed by atoms with E-state index in [4.69, 9.17) is 4.74 Å². The lowest BCUT2D eigenvalue weighted by molar-refractivity contribution is -0.441. The van der Waals surface area contributed by atoms with Crippen LogP contribution in [0.2, 0.25) is 0 Å². The molecule has 3 saturated carbocycles. The summed E-state index contributed by atoms with van der Waals surface area (Å²) in [5, 5.41) is 33.9. The van der Waals surface area contributed by atoms with Crippen molar-refractivity contribution in [2.45, 2.75) is 51.1 Å². The second kappa shape index (κ2) is 4.28. The summed E-state index contributed by atoms with van der Waals surface area (Å²) in [7, 11) is 0. The summed E-state index contributed by atoms with van der Waals surface area (Å²) in [6, 6.07) is 0. The third-order valence-corrected chi connectivity index (χ3v) is 8.39. The molecule has 8 atom stereocenters. The van der Waals surface area contributed by atoms with Crippen LogP contribution in [0.5, 0.6) is 0 Å². The lowest BCUT2D eigenvalue weighted by Crippen LogP contribution is -2.83. The topological polar surface area (TPSA) is 87.0 Å². The fourth-order valence-corrected chi connectivity index (χ4v) is 7.41. The Morgan fingerprint density at radius 3 is 2.72 bits per heavy atom. The van der Waals surface area contributed by atoms with Crippen LogP contribution in [-0.4, -0.2) is 45.7 Å². The second-order valence-electron chi connectivity index (χ2n) is 9.52. The van der Waals surface area contributed by atoms with Crippen molar-refractivity contribution in [2.75, 3.05) is 6.61 Å². The number of carbonyl (C=O) groups excluding carboxylic acids is 1. The zero-order chi connectivity index (χ0) is 18.0. The van der Waals surface area contributed by atoms with E-state index in [9.17, 15) is 20.1 Å². The Labute approximate surface area is 147 Å². The van der Waals surface area contributed by atoms with Gasteiger partial charge in [-0.1, -0.05) is 26.5 Å². The van der Waals surface area contributed by atoms with E-state index in [1.807, 2.05) is 19.9 Å². The third kappa shape index (κ3) is 1.40. The van der Waals surface area contributed by atoms with Crippen LogP contribution < -0.4 is 0 Å². The first-order chi connectivity index (χ1) is 11.6. The van der Waals surface area contributed by atoms with Crippen LogP contribution >= 0.6 is 0 Å². The Bertz CT molecular complexity index is 726. The molecular formula is C20H26O5. The smallest absolute Gasteiger partial charge is 0.201 e. The van der Waals surface area contributed by atoms with Crippen molar-refractivity contribution in [3.05, 3.63) is 24.3 Å². The van der Waals surface area contributed by atoms with Gasteiger partial charge in [-0.2, -0.15) is 0 Å². The van der Waals surface area contributed by atoms with E-state index in [2.05, 4.69) is 6.58 Å². The third-order valence-electron chi connectivity index (χ3n) is 8.39. The van der Waals surface area contributed by atoms with Gasteiger partial charge in [0, 0.05) is 5.92 Å². The summed E-state index contributed by atoms with van der Waals surface area (Å²) < 4.78 is 5.86. The number of aliphatic hydroxyl groups excluding tert-OH is 2. The zero-order valence-electron chi connectivity index (χ0n) is 14.7. The minimum atomic E-state index is -1.84. The monoisotopic (exact) mass is 346 g/mol. The number of carbonyl (C=O) groups is 1. The number of hydrogen-bond donors (Lipinski definition) is 3. The van der Waals surface area contributed by atoms with Crippen LogP contribution in [0, 0.1) is 34.0 Å². The molecule has 0 aromatic rings. The van der Waals surface area contributed by atoms with Gasteiger partial charge < -0.3 is 20.1 Å². The van der Waals surface area contributed by atoms with E-state index in [0.717, 1.165) is 12.8 Å². The number of ether oxygens (including phenoxy) is 1. The Balaban J connectivity index is 1.81. The quantitative estimate of drug-likeness (QED) is 0.574. The van der Waals surface area contributed by atoms with E-state index in [1.165, 1.54) is 0 Å². The standard InChI is InChI=1S/C20H26O5/c1-10-11-4-5-12-18-9-25-20(24,19(12,8-11)15(10)22)16(23)14(18)17(2,3)7-6-13(18)21/h6-7,11-12,14-16,22-24H,1,4-5,8-9H2,2-3H3. The van der Waals surface area contributed by atoms with Gasteiger partial charge in [0.2, 0.25) is 5.79 Å². The number of allylic oxidation sites excluding steroid dienone is 2. The lowest BCUT2D eigenvalue weighted by Gasteiger charge is -2.72. The minimum Gasteiger partial charge on any atom is -0.388 e. The number of ketones is 1. The molecule has 2 heterocycles. The van der Waals surface area contributed by atoms with Gasteiger partial charge in [-0.25, -0.2) is 0 Å². The highest BCUT2D eigenvalue weighted by Gasteiger charge is 2.83. The predicted molar refractivity (Wildman–Crippen MR) is 89.2 cm³/mol. The van der Waals surface area contributed by atoms with Crippen LogP contribution in [0.1, 0.15) is 33.1 Å². The molecule has 5 nitrogen and oxygen atoms in total. The predicted octanol–water partition coefficient (Wildman–Crippen LogP) is 1.18. The molecule has 6 aliphatic rings. The van der Waals surface area contributed by atoms with Crippen molar-refractivity contribution < 1.29 is 24.9 Å². The van der Waals surface area contributed by atoms with Gasteiger partial charge in [-0.15, -0.1) is 0 Å². The first-order valence-corrected chi connectivity index (χ1v) is 9.28. The summed E-state index contributed by atoms with van der Waals surface area (Å²) in [6.07, 6.45) is 3.42. The van der Waals surface area contributed by atoms with E-state index in [-0.39, 0.29) is 24.2 Å². The first-order valence-electron chi connectivity index (χ1n) is 9.28.